The van der Waals surface area contributed by atoms with Gasteiger partial charge in [0.2, 0.25) is 5.91 Å². The van der Waals surface area contributed by atoms with Crippen LogP contribution in [0.4, 0.5) is 11.4 Å². The van der Waals surface area contributed by atoms with E-state index in [1.807, 2.05) is 0 Å². The summed E-state index contributed by atoms with van der Waals surface area (Å²) in [5.74, 6) is -1.45. The molecule has 0 aromatic heterocycles. The first-order chi connectivity index (χ1) is 12.8. The van der Waals surface area contributed by atoms with Crippen molar-refractivity contribution in [1.82, 2.24) is 0 Å². The van der Waals surface area contributed by atoms with Crippen molar-refractivity contribution >= 4 is 72.6 Å². The molecule has 0 spiro atoms. The number of benzene rings is 2. The molecule has 2 aromatic carbocycles. The fourth-order valence-electron chi connectivity index (χ4n) is 1.96. The molecule has 0 saturated carbocycles. The lowest BCUT2D eigenvalue weighted by Gasteiger charge is -2.08. The predicted molar refractivity (Wildman–Crippen MR) is 111 cm³/mol. The lowest BCUT2D eigenvalue weighted by molar-refractivity contribution is -0.147. The summed E-state index contributed by atoms with van der Waals surface area (Å²) >= 11 is 12.5. The molecule has 2 N–H and O–H groups in total. The molecule has 0 radical (unpaired) electrons. The molecule has 0 unspecified atom stereocenters. The van der Waals surface area contributed by atoms with Crippen LogP contribution in [0.1, 0.15) is 12.8 Å². The number of hydrogen-bond acceptors (Lipinski definition) is 4. The maximum atomic E-state index is 11.8. The zero-order chi connectivity index (χ0) is 19.8. The van der Waals surface area contributed by atoms with Crippen LogP contribution in [0.25, 0.3) is 0 Å². The van der Waals surface area contributed by atoms with Crippen molar-refractivity contribution in [3.05, 3.63) is 56.4 Å². The van der Waals surface area contributed by atoms with Crippen LogP contribution in [-0.4, -0.2) is 24.4 Å². The van der Waals surface area contributed by atoms with Crippen LogP contribution in [0.2, 0.25) is 5.02 Å². The van der Waals surface area contributed by atoms with Crippen molar-refractivity contribution in [3.63, 3.8) is 0 Å². The molecule has 0 fully saturated rings. The van der Waals surface area contributed by atoms with Crippen LogP contribution in [-0.2, 0) is 19.1 Å². The lowest BCUT2D eigenvalue weighted by Crippen LogP contribution is -2.21. The minimum Gasteiger partial charge on any atom is -0.456 e. The molecule has 6 nitrogen and oxygen atoms in total. The fourth-order valence-corrected chi connectivity index (χ4v) is 2.65. The van der Waals surface area contributed by atoms with Crippen LogP contribution in [0.3, 0.4) is 0 Å². The topological polar surface area (TPSA) is 84.5 Å². The summed E-state index contributed by atoms with van der Waals surface area (Å²) in [5, 5.41) is 5.68. The van der Waals surface area contributed by atoms with Gasteiger partial charge in [-0.15, -0.1) is 0 Å². The van der Waals surface area contributed by atoms with Crippen LogP contribution in [0.15, 0.2) is 51.4 Å². The second kappa shape index (κ2) is 10.4. The minimum atomic E-state index is -0.634. The predicted octanol–water partition coefficient (Wildman–Crippen LogP) is 4.77. The molecule has 2 aromatic rings. The number of carbonyl (C=O) groups excluding carboxylic acids is 3. The minimum absolute atomic E-state index is 0.0428. The molecule has 0 bridgehead atoms. The number of esters is 1. The molecule has 2 amide bonds. The number of anilines is 2. The number of halogens is 3. The molecular weight excluding hydrogens is 503 g/mol. The molecule has 27 heavy (non-hydrogen) atoms. The quantitative estimate of drug-likeness (QED) is 0.518. The average Bonchev–Trinajstić information content (AvgIpc) is 2.63. The summed E-state index contributed by atoms with van der Waals surface area (Å²) in [6.45, 7) is -0.444. The number of amides is 2. The maximum Gasteiger partial charge on any atom is 0.306 e. The normalized spacial score (nSPS) is 10.2. The van der Waals surface area contributed by atoms with E-state index in [2.05, 4.69) is 42.5 Å². The first-order valence-corrected chi connectivity index (χ1v) is 9.76. The van der Waals surface area contributed by atoms with E-state index >= 15 is 0 Å². The molecule has 0 saturated heterocycles. The molecule has 0 aliphatic carbocycles. The number of nitrogens with one attached hydrogen (secondary N) is 2. The Morgan fingerprint density at radius 1 is 0.889 bits per heavy atom. The second-order valence-electron chi connectivity index (χ2n) is 5.39. The van der Waals surface area contributed by atoms with E-state index in [9.17, 15) is 14.4 Å². The Labute approximate surface area is 177 Å². The van der Waals surface area contributed by atoms with Gasteiger partial charge in [-0.2, -0.15) is 0 Å². The van der Waals surface area contributed by atoms with Crippen LogP contribution >= 0.6 is 43.5 Å². The van der Waals surface area contributed by atoms with E-state index < -0.39 is 18.5 Å². The highest BCUT2D eigenvalue weighted by Gasteiger charge is 2.11. The molecule has 0 heterocycles. The molecule has 0 aliphatic heterocycles. The van der Waals surface area contributed by atoms with Crippen molar-refractivity contribution in [2.45, 2.75) is 12.8 Å². The summed E-state index contributed by atoms with van der Waals surface area (Å²) < 4.78 is 6.47. The molecule has 0 aliphatic rings. The van der Waals surface area contributed by atoms with Crippen LogP contribution < -0.4 is 10.6 Å². The van der Waals surface area contributed by atoms with Gasteiger partial charge in [0.25, 0.3) is 5.91 Å². The summed E-state index contributed by atoms with van der Waals surface area (Å²) in [6.07, 6.45) is -0.168. The van der Waals surface area contributed by atoms with E-state index in [0.717, 1.165) is 4.47 Å². The van der Waals surface area contributed by atoms with Crippen LogP contribution in [0.5, 0.6) is 0 Å². The third-order valence-corrected chi connectivity index (χ3v) is 5.01. The van der Waals surface area contributed by atoms with Gasteiger partial charge in [0.15, 0.2) is 6.61 Å². The molecule has 2 rings (SSSR count). The second-order valence-corrected chi connectivity index (χ2v) is 7.57. The van der Waals surface area contributed by atoms with E-state index in [1.54, 1.807) is 42.5 Å². The smallest absolute Gasteiger partial charge is 0.306 e. The highest BCUT2D eigenvalue weighted by molar-refractivity contribution is 9.10. The highest BCUT2D eigenvalue weighted by Crippen LogP contribution is 2.25. The summed E-state index contributed by atoms with van der Waals surface area (Å²) in [6, 6.07) is 12.0. The van der Waals surface area contributed by atoms with E-state index in [1.165, 1.54) is 0 Å². The van der Waals surface area contributed by atoms with Crippen molar-refractivity contribution in [2.75, 3.05) is 17.2 Å². The average molecular weight is 519 g/mol. The van der Waals surface area contributed by atoms with E-state index in [0.29, 0.717) is 20.9 Å². The maximum absolute atomic E-state index is 11.8. The van der Waals surface area contributed by atoms with Gasteiger partial charge in [0.05, 0.1) is 11.4 Å². The third kappa shape index (κ3) is 7.70. The van der Waals surface area contributed by atoms with Crippen molar-refractivity contribution in [3.8, 4) is 0 Å². The third-order valence-electron chi connectivity index (χ3n) is 3.25. The van der Waals surface area contributed by atoms with Gasteiger partial charge in [-0.3, -0.25) is 14.4 Å². The van der Waals surface area contributed by atoms with Gasteiger partial charge in [-0.1, -0.05) is 27.5 Å². The van der Waals surface area contributed by atoms with Gasteiger partial charge >= 0.3 is 5.97 Å². The Balaban J connectivity index is 1.69. The number of hydrogen-bond donors (Lipinski definition) is 2. The molecule has 9 heteroatoms. The summed E-state index contributed by atoms with van der Waals surface area (Å²) in [5.41, 5.74) is 1.11. The Morgan fingerprint density at radius 3 is 2.19 bits per heavy atom. The van der Waals surface area contributed by atoms with E-state index in [-0.39, 0.29) is 18.7 Å². The standard InChI is InChI=1S/C18H15Br2ClN2O4/c19-11-1-3-12(4-2-11)22-16(24)7-8-18(26)27-10-17(25)23-13-5-6-14(20)15(21)9-13/h1-6,9H,7-8,10H2,(H,22,24)(H,23,25). The molecule has 142 valence electrons. The van der Waals surface area contributed by atoms with Gasteiger partial charge in [-0.05, 0) is 58.4 Å². The monoisotopic (exact) mass is 516 g/mol. The van der Waals surface area contributed by atoms with Crippen molar-refractivity contribution < 1.29 is 19.1 Å². The Kier molecular flexibility index (Phi) is 8.27. The van der Waals surface area contributed by atoms with Crippen LogP contribution in [0, 0.1) is 0 Å². The fraction of sp³-hybridized carbons (Fsp3) is 0.167. The van der Waals surface area contributed by atoms with Gasteiger partial charge in [0, 0.05) is 26.7 Å². The molecule has 0 atom stereocenters. The summed E-state index contributed by atoms with van der Waals surface area (Å²) in [4.78, 5) is 35.3. The number of ether oxygens (including phenoxy) is 1. The largest absolute Gasteiger partial charge is 0.456 e. The summed E-state index contributed by atoms with van der Waals surface area (Å²) in [7, 11) is 0. The number of rotatable bonds is 7. The van der Waals surface area contributed by atoms with Crippen molar-refractivity contribution in [1.29, 1.82) is 0 Å². The highest BCUT2D eigenvalue weighted by atomic mass is 79.9. The Hall–Kier alpha value is -1.90. The Bertz CT molecular complexity index is 844. The van der Waals surface area contributed by atoms with Gasteiger partial charge in [0.1, 0.15) is 0 Å². The van der Waals surface area contributed by atoms with E-state index in [4.69, 9.17) is 16.3 Å². The van der Waals surface area contributed by atoms with Gasteiger partial charge < -0.3 is 15.4 Å². The SMILES string of the molecule is O=C(CCC(=O)OCC(=O)Nc1ccc(Br)c(Cl)c1)Nc1ccc(Br)cc1. The van der Waals surface area contributed by atoms with Crippen molar-refractivity contribution in [2.24, 2.45) is 0 Å². The van der Waals surface area contributed by atoms with Gasteiger partial charge in [-0.25, -0.2) is 0 Å². The zero-order valence-electron chi connectivity index (χ0n) is 13.9. The first kappa shape index (κ1) is 21.4. The Morgan fingerprint density at radius 2 is 1.52 bits per heavy atom. The lowest BCUT2D eigenvalue weighted by atomic mass is 10.2. The molecular formula is C18H15Br2ClN2O4. The zero-order valence-corrected chi connectivity index (χ0v) is 17.9. The number of carbonyl (C=O) groups is 3. The first-order valence-electron chi connectivity index (χ1n) is 7.79.